The molecule has 5 nitrogen and oxygen atoms in total. The van der Waals surface area contributed by atoms with Gasteiger partial charge in [0.15, 0.2) is 5.13 Å². The average molecular weight is 402 g/mol. The average Bonchev–Trinajstić information content (AvgIpc) is 3.28. The fraction of sp³-hybridized carbons (Fsp3) is 0.167. The molecule has 0 aliphatic heterocycles. The maximum absolute atomic E-state index is 6.22. The molecule has 8 heteroatoms. The molecule has 1 aromatic carbocycles. The summed E-state index contributed by atoms with van der Waals surface area (Å²) in [5, 5.41) is 5.87. The first-order valence-electron chi connectivity index (χ1n) is 8.08. The second-order valence-corrected chi connectivity index (χ2v) is 8.36. The number of aromatic nitrogens is 3. The van der Waals surface area contributed by atoms with Crippen molar-refractivity contribution >= 4 is 49.6 Å². The number of thiazole rings is 2. The van der Waals surface area contributed by atoms with Gasteiger partial charge in [0.05, 0.1) is 21.3 Å². The van der Waals surface area contributed by atoms with Crippen molar-refractivity contribution < 1.29 is 0 Å². The third kappa shape index (κ3) is 4.02. The number of rotatable bonds is 6. The maximum atomic E-state index is 6.22. The fourth-order valence-electron chi connectivity index (χ4n) is 2.55. The summed E-state index contributed by atoms with van der Waals surface area (Å²) >= 11 is 9.12. The van der Waals surface area contributed by atoms with Crippen molar-refractivity contribution in [3.8, 4) is 9.88 Å². The summed E-state index contributed by atoms with van der Waals surface area (Å²) in [7, 11) is 0. The summed E-state index contributed by atoms with van der Waals surface area (Å²) in [4.78, 5) is 14.3. The molecule has 4 rings (SSSR count). The first kappa shape index (κ1) is 17.4. The van der Waals surface area contributed by atoms with E-state index in [-0.39, 0.29) is 6.04 Å². The van der Waals surface area contributed by atoms with Crippen LogP contribution in [0.2, 0.25) is 5.02 Å². The third-order valence-electron chi connectivity index (χ3n) is 3.83. The smallest absolute Gasteiger partial charge is 0.183 e. The first-order chi connectivity index (χ1) is 12.7. The van der Waals surface area contributed by atoms with Gasteiger partial charge in [-0.25, -0.2) is 9.97 Å². The van der Waals surface area contributed by atoms with Crippen molar-refractivity contribution in [3.05, 3.63) is 59.5 Å². The lowest BCUT2D eigenvalue weighted by Crippen LogP contribution is -2.31. The van der Waals surface area contributed by atoms with Crippen LogP contribution < -0.4 is 11.1 Å². The first-order valence-corrected chi connectivity index (χ1v) is 10.1. The Bertz CT molecular complexity index is 979. The van der Waals surface area contributed by atoms with E-state index < -0.39 is 0 Å². The van der Waals surface area contributed by atoms with E-state index in [2.05, 4.69) is 20.3 Å². The monoisotopic (exact) mass is 401 g/mol. The van der Waals surface area contributed by atoms with Crippen molar-refractivity contribution in [3.63, 3.8) is 0 Å². The Labute approximate surface area is 163 Å². The highest BCUT2D eigenvalue weighted by molar-refractivity contribution is 7.26. The minimum atomic E-state index is -0.00273. The maximum Gasteiger partial charge on any atom is 0.183 e. The molecule has 0 spiro atoms. The van der Waals surface area contributed by atoms with Crippen molar-refractivity contribution in [1.29, 1.82) is 0 Å². The van der Waals surface area contributed by atoms with Crippen LogP contribution in [0, 0.1) is 0 Å². The van der Waals surface area contributed by atoms with Crippen molar-refractivity contribution in [2.24, 2.45) is 5.73 Å². The lowest BCUT2D eigenvalue weighted by molar-refractivity contribution is 0.699. The molecule has 0 aliphatic rings. The standard InChI is InChI=1S/C18H16ClN5S2/c19-12-3-1-11(2-4-12)7-13(20)8-22-18-23-10-16(26-18)17-24-14-5-6-21-9-15(14)25-17/h1-6,9-10,13H,7-8,20H2,(H,22,23)/t13-/m0/s1. The molecular weight excluding hydrogens is 386 g/mol. The zero-order chi connectivity index (χ0) is 17.9. The van der Waals surface area contributed by atoms with Crippen LogP contribution in [0.1, 0.15) is 5.56 Å². The van der Waals surface area contributed by atoms with Crippen molar-refractivity contribution in [1.82, 2.24) is 15.0 Å². The number of nitrogens with one attached hydrogen (secondary N) is 1. The Hall–Kier alpha value is -2.06. The summed E-state index contributed by atoms with van der Waals surface area (Å²) in [6.45, 7) is 0.652. The van der Waals surface area contributed by atoms with Crippen LogP contribution >= 0.6 is 34.3 Å². The number of pyridine rings is 1. The van der Waals surface area contributed by atoms with Gasteiger partial charge in [0.1, 0.15) is 5.01 Å². The second-order valence-electron chi connectivity index (χ2n) is 5.86. The Morgan fingerprint density at radius 3 is 2.77 bits per heavy atom. The molecular formula is C18H16ClN5S2. The number of fused-ring (bicyclic) bond motifs is 1. The van der Waals surface area contributed by atoms with Gasteiger partial charge in [-0.05, 0) is 30.2 Å². The van der Waals surface area contributed by atoms with E-state index in [0.717, 1.165) is 36.7 Å². The van der Waals surface area contributed by atoms with Crippen LogP contribution in [0.4, 0.5) is 5.13 Å². The molecule has 4 aromatic rings. The minimum absolute atomic E-state index is 0.00273. The Morgan fingerprint density at radius 1 is 1.12 bits per heavy atom. The summed E-state index contributed by atoms with van der Waals surface area (Å²) in [5.41, 5.74) is 8.36. The highest BCUT2D eigenvalue weighted by atomic mass is 35.5. The van der Waals surface area contributed by atoms with E-state index in [1.54, 1.807) is 28.9 Å². The van der Waals surface area contributed by atoms with Crippen LogP contribution in [0.3, 0.4) is 0 Å². The lowest BCUT2D eigenvalue weighted by Gasteiger charge is -2.12. The quantitative estimate of drug-likeness (QED) is 0.499. The van der Waals surface area contributed by atoms with E-state index >= 15 is 0 Å². The van der Waals surface area contributed by atoms with Gasteiger partial charge in [-0.2, -0.15) is 0 Å². The molecule has 0 fully saturated rings. The number of nitrogens with two attached hydrogens (primary N) is 1. The normalized spacial score (nSPS) is 12.4. The van der Waals surface area contributed by atoms with E-state index in [4.69, 9.17) is 17.3 Å². The van der Waals surface area contributed by atoms with Gasteiger partial charge in [-0.1, -0.05) is 35.1 Å². The highest BCUT2D eigenvalue weighted by Crippen LogP contribution is 2.34. The molecule has 3 N–H and O–H groups in total. The Morgan fingerprint density at radius 2 is 1.96 bits per heavy atom. The summed E-state index contributed by atoms with van der Waals surface area (Å²) in [6.07, 6.45) is 6.23. The number of halogens is 1. The molecule has 0 amide bonds. The van der Waals surface area contributed by atoms with Gasteiger partial charge in [-0.3, -0.25) is 4.98 Å². The Balaban J connectivity index is 1.38. The number of benzene rings is 1. The van der Waals surface area contributed by atoms with E-state index in [1.165, 1.54) is 5.56 Å². The van der Waals surface area contributed by atoms with E-state index in [9.17, 15) is 0 Å². The minimum Gasteiger partial charge on any atom is -0.360 e. The molecule has 0 unspecified atom stereocenters. The van der Waals surface area contributed by atoms with Gasteiger partial charge in [0, 0.05) is 30.0 Å². The van der Waals surface area contributed by atoms with Gasteiger partial charge < -0.3 is 11.1 Å². The topological polar surface area (TPSA) is 76.7 Å². The summed E-state index contributed by atoms with van der Waals surface area (Å²) in [5.74, 6) is 0. The van der Waals surface area contributed by atoms with Gasteiger partial charge in [-0.15, -0.1) is 11.3 Å². The highest BCUT2D eigenvalue weighted by Gasteiger charge is 2.11. The molecule has 0 radical (unpaired) electrons. The molecule has 0 saturated heterocycles. The van der Waals surface area contributed by atoms with Crippen LogP contribution in [-0.2, 0) is 6.42 Å². The third-order valence-corrected chi connectivity index (χ3v) is 6.22. The van der Waals surface area contributed by atoms with E-state index in [1.807, 2.05) is 42.7 Å². The predicted molar refractivity (Wildman–Crippen MR) is 110 cm³/mol. The molecule has 0 bridgehead atoms. The molecule has 3 heterocycles. The number of nitrogens with zero attached hydrogens (tertiary/aromatic N) is 3. The van der Waals surface area contributed by atoms with Crippen LogP contribution in [0.15, 0.2) is 48.9 Å². The van der Waals surface area contributed by atoms with Crippen molar-refractivity contribution in [2.75, 3.05) is 11.9 Å². The molecule has 132 valence electrons. The zero-order valence-electron chi connectivity index (χ0n) is 13.7. The number of hydrogen-bond donors (Lipinski definition) is 2. The summed E-state index contributed by atoms with van der Waals surface area (Å²) in [6, 6.07) is 9.70. The second kappa shape index (κ2) is 7.67. The fourth-order valence-corrected chi connectivity index (χ4v) is 4.47. The van der Waals surface area contributed by atoms with Gasteiger partial charge in [0.25, 0.3) is 0 Å². The molecule has 26 heavy (non-hydrogen) atoms. The van der Waals surface area contributed by atoms with Crippen LogP contribution in [-0.4, -0.2) is 27.5 Å². The molecule has 0 aliphatic carbocycles. The lowest BCUT2D eigenvalue weighted by atomic mass is 10.1. The SMILES string of the molecule is N[C@H](CNc1ncc(-c2nc3ccncc3s2)s1)Cc1ccc(Cl)cc1. The Kier molecular flexibility index (Phi) is 5.12. The number of hydrogen-bond acceptors (Lipinski definition) is 7. The molecule has 1 atom stereocenters. The zero-order valence-corrected chi connectivity index (χ0v) is 16.1. The van der Waals surface area contributed by atoms with Crippen LogP contribution in [0.5, 0.6) is 0 Å². The molecule has 3 aromatic heterocycles. The number of anilines is 1. The van der Waals surface area contributed by atoms with Gasteiger partial charge >= 0.3 is 0 Å². The predicted octanol–water partition coefficient (Wildman–Crippen LogP) is 4.45. The van der Waals surface area contributed by atoms with Crippen molar-refractivity contribution in [2.45, 2.75) is 12.5 Å². The van der Waals surface area contributed by atoms with Gasteiger partial charge in [0.2, 0.25) is 0 Å². The van der Waals surface area contributed by atoms with Crippen LogP contribution in [0.25, 0.3) is 20.1 Å². The van der Waals surface area contributed by atoms with E-state index in [0.29, 0.717) is 6.54 Å². The molecule has 0 saturated carbocycles. The largest absolute Gasteiger partial charge is 0.360 e. The summed E-state index contributed by atoms with van der Waals surface area (Å²) < 4.78 is 1.08.